The molecule has 11 rings (SSSR count). The highest BCUT2D eigenvalue weighted by molar-refractivity contribution is 6.26. The monoisotopic (exact) mass is 728 g/mol. The quantitative estimate of drug-likeness (QED) is 0.165. The molecule has 1 aliphatic rings. The first-order valence-electron chi connectivity index (χ1n) is 19.9. The Kier molecular flexibility index (Phi) is 7.55. The molecule has 270 valence electrons. The van der Waals surface area contributed by atoms with E-state index >= 15 is 0 Å². The third-order valence-corrected chi connectivity index (χ3v) is 12.1. The molecule has 2 nitrogen and oxygen atoms in total. The molecular weight excluding hydrogens is 689 g/mol. The van der Waals surface area contributed by atoms with Crippen LogP contribution in [-0.2, 0) is 5.41 Å². The second kappa shape index (κ2) is 13.0. The van der Waals surface area contributed by atoms with Crippen molar-refractivity contribution in [2.75, 3.05) is 4.90 Å². The molecule has 2 heteroatoms. The Morgan fingerprint density at radius 3 is 1.75 bits per heavy atom. The van der Waals surface area contributed by atoms with E-state index < -0.39 is 0 Å². The van der Waals surface area contributed by atoms with Crippen molar-refractivity contribution in [1.29, 1.82) is 0 Å². The zero-order valence-corrected chi connectivity index (χ0v) is 32.0. The summed E-state index contributed by atoms with van der Waals surface area (Å²) in [5.74, 6) is 0. The van der Waals surface area contributed by atoms with Crippen LogP contribution in [0.4, 0.5) is 17.1 Å². The summed E-state index contributed by atoms with van der Waals surface area (Å²) in [7, 11) is 0. The molecule has 0 bridgehead atoms. The molecule has 0 unspecified atom stereocenters. The predicted molar refractivity (Wildman–Crippen MR) is 241 cm³/mol. The van der Waals surface area contributed by atoms with Gasteiger partial charge in [0.1, 0.15) is 0 Å². The Morgan fingerprint density at radius 2 is 0.965 bits per heavy atom. The molecule has 1 aromatic heterocycles. The average Bonchev–Trinajstić information content (AvgIpc) is 3.74. The molecule has 0 N–H and O–H groups in total. The van der Waals surface area contributed by atoms with Crippen molar-refractivity contribution >= 4 is 49.6 Å². The van der Waals surface area contributed by atoms with Crippen molar-refractivity contribution < 1.29 is 0 Å². The Hall–Kier alpha value is -7.16. The second-order valence-corrected chi connectivity index (χ2v) is 15.7. The number of nitrogens with zero attached hydrogens (tertiary/aromatic N) is 2. The molecule has 0 atom stereocenters. The van der Waals surface area contributed by atoms with Crippen LogP contribution in [-0.4, -0.2) is 4.57 Å². The maximum absolute atomic E-state index is 2.50. The Morgan fingerprint density at radius 1 is 0.386 bits per heavy atom. The van der Waals surface area contributed by atoms with Crippen LogP contribution in [0, 0.1) is 0 Å². The van der Waals surface area contributed by atoms with Crippen molar-refractivity contribution in [3.63, 3.8) is 0 Å². The van der Waals surface area contributed by atoms with Crippen molar-refractivity contribution in [3.8, 4) is 39.1 Å². The summed E-state index contributed by atoms with van der Waals surface area (Å²) in [4.78, 5) is 2.39. The van der Waals surface area contributed by atoms with E-state index in [9.17, 15) is 0 Å². The highest BCUT2D eigenvalue weighted by Crippen LogP contribution is 2.51. The summed E-state index contributed by atoms with van der Waals surface area (Å²) >= 11 is 0. The molecule has 9 aromatic carbocycles. The number of hydrogen-bond acceptors (Lipinski definition) is 1. The minimum atomic E-state index is -0.0876. The van der Waals surface area contributed by atoms with Crippen LogP contribution in [0.2, 0.25) is 0 Å². The second-order valence-electron chi connectivity index (χ2n) is 15.7. The van der Waals surface area contributed by atoms with Gasteiger partial charge in [0.15, 0.2) is 0 Å². The standard InChI is InChI=1S/C55H40N2/c1-55(2)50-28-15-14-25-46(50)47-34-33-43(36-51(47)55)56(40-20-8-4-9-21-40)42-31-29-38(30-32-42)44-26-16-27-48-52-49(37-17-6-3-7-18-37)35-39-19-12-13-24-45(39)54(52)57(53(44)48)41-22-10-5-11-23-41/h3-36H,1-2H3. The lowest BCUT2D eigenvalue weighted by Crippen LogP contribution is -2.16. The van der Waals surface area contributed by atoms with E-state index in [1.165, 1.54) is 77.1 Å². The van der Waals surface area contributed by atoms with Gasteiger partial charge in [-0.25, -0.2) is 0 Å². The SMILES string of the molecule is CC1(C)c2ccccc2-c2ccc(N(c3ccccc3)c3ccc(-c4cccc5c6c(-c7ccccc7)cc7ccccc7c6n(-c6ccccc6)c45)cc3)cc21. The maximum Gasteiger partial charge on any atom is 0.0625 e. The van der Waals surface area contributed by atoms with E-state index in [0.717, 1.165) is 22.7 Å². The molecule has 0 amide bonds. The molecule has 0 saturated heterocycles. The van der Waals surface area contributed by atoms with E-state index in [4.69, 9.17) is 0 Å². The van der Waals surface area contributed by atoms with Crippen LogP contribution in [0.15, 0.2) is 206 Å². The third kappa shape index (κ3) is 5.18. The smallest absolute Gasteiger partial charge is 0.0625 e. The molecule has 0 fully saturated rings. The third-order valence-electron chi connectivity index (χ3n) is 12.1. The number of aromatic nitrogens is 1. The first kappa shape index (κ1) is 33.2. The largest absolute Gasteiger partial charge is 0.310 e. The summed E-state index contributed by atoms with van der Waals surface area (Å²) < 4.78 is 2.50. The average molecular weight is 729 g/mol. The summed E-state index contributed by atoms with van der Waals surface area (Å²) in [6.07, 6.45) is 0. The highest BCUT2D eigenvalue weighted by Gasteiger charge is 2.35. The van der Waals surface area contributed by atoms with Crippen LogP contribution in [0.1, 0.15) is 25.0 Å². The fraction of sp³-hybridized carbons (Fsp3) is 0.0545. The van der Waals surface area contributed by atoms with Gasteiger partial charge in [-0.2, -0.15) is 0 Å². The number of rotatable bonds is 6. The van der Waals surface area contributed by atoms with Gasteiger partial charge < -0.3 is 9.47 Å². The molecule has 0 aliphatic heterocycles. The van der Waals surface area contributed by atoms with E-state index in [-0.39, 0.29) is 5.41 Å². The molecule has 0 saturated carbocycles. The van der Waals surface area contributed by atoms with Crippen molar-refractivity contribution in [3.05, 3.63) is 217 Å². The molecule has 1 aliphatic carbocycles. The van der Waals surface area contributed by atoms with E-state index in [1.807, 2.05) is 0 Å². The summed E-state index contributed by atoms with van der Waals surface area (Å²) in [6, 6.07) is 75.5. The minimum Gasteiger partial charge on any atom is -0.310 e. The fourth-order valence-electron chi connectivity index (χ4n) is 9.49. The van der Waals surface area contributed by atoms with Gasteiger partial charge in [-0.15, -0.1) is 0 Å². The van der Waals surface area contributed by atoms with E-state index in [0.29, 0.717) is 0 Å². The van der Waals surface area contributed by atoms with Crippen LogP contribution < -0.4 is 4.90 Å². The molecule has 0 radical (unpaired) electrons. The Bertz CT molecular complexity index is 3120. The zero-order chi connectivity index (χ0) is 38.1. The van der Waals surface area contributed by atoms with Gasteiger partial charge in [-0.1, -0.05) is 166 Å². The van der Waals surface area contributed by atoms with Crippen LogP contribution in [0.3, 0.4) is 0 Å². The molecule has 0 spiro atoms. The Labute approximate surface area is 333 Å². The number of benzene rings is 9. The topological polar surface area (TPSA) is 8.17 Å². The number of para-hydroxylation sites is 3. The van der Waals surface area contributed by atoms with Gasteiger partial charge in [0.25, 0.3) is 0 Å². The van der Waals surface area contributed by atoms with Gasteiger partial charge in [-0.05, 0) is 98.9 Å². The van der Waals surface area contributed by atoms with Gasteiger partial charge in [0, 0.05) is 49.9 Å². The van der Waals surface area contributed by atoms with E-state index in [2.05, 4.69) is 230 Å². The van der Waals surface area contributed by atoms with Gasteiger partial charge in [0.05, 0.1) is 11.0 Å². The van der Waals surface area contributed by atoms with Crippen molar-refractivity contribution in [2.24, 2.45) is 0 Å². The molecular formula is C55H40N2. The van der Waals surface area contributed by atoms with Crippen LogP contribution >= 0.6 is 0 Å². The van der Waals surface area contributed by atoms with Crippen molar-refractivity contribution in [1.82, 2.24) is 4.57 Å². The van der Waals surface area contributed by atoms with E-state index in [1.54, 1.807) is 0 Å². The van der Waals surface area contributed by atoms with Crippen LogP contribution in [0.5, 0.6) is 0 Å². The van der Waals surface area contributed by atoms with Gasteiger partial charge in [0.2, 0.25) is 0 Å². The normalized spacial score (nSPS) is 12.9. The summed E-state index contributed by atoms with van der Waals surface area (Å²) in [5, 5.41) is 4.99. The fourth-order valence-corrected chi connectivity index (χ4v) is 9.49. The zero-order valence-electron chi connectivity index (χ0n) is 32.0. The molecule has 1 heterocycles. The maximum atomic E-state index is 2.50. The summed E-state index contributed by atoms with van der Waals surface area (Å²) in [6.45, 7) is 4.70. The van der Waals surface area contributed by atoms with Crippen LogP contribution in [0.25, 0.3) is 71.6 Å². The predicted octanol–water partition coefficient (Wildman–Crippen LogP) is 15.0. The highest BCUT2D eigenvalue weighted by atomic mass is 15.1. The number of hydrogen-bond donors (Lipinski definition) is 0. The number of fused-ring (bicyclic) bond motifs is 8. The Balaban J connectivity index is 1.12. The summed E-state index contributed by atoms with van der Waals surface area (Å²) in [5.41, 5.74) is 17.2. The lowest BCUT2D eigenvalue weighted by atomic mass is 9.82. The lowest BCUT2D eigenvalue weighted by molar-refractivity contribution is 0.660. The first-order chi connectivity index (χ1) is 28.1. The molecule has 57 heavy (non-hydrogen) atoms. The van der Waals surface area contributed by atoms with Gasteiger partial charge in [-0.3, -0.25) is 0 Å². The van der Waals surface area contributed by atoms with Gasteiger partial charge >= 0.3 is 0 Å². The first-order valence-corrected chi connectivity index (χ1v) is 19.9. The molecule has 10 aromatic rings. The van der Waals surface area contributed by atoms with Crippen molar-refractivity contribution in [2.45, 2.75) is 19.3 Å². The number of anilines is 3. The lowest BCUT2D eigenvalue weighted by Gasteiger charge is -2.28. The minimum absolute atomic E-state index is 0.0876.